The second-order valence-corrected chi connectivity index (χ2v) is 7.56. The topological polar surface area (TPSA) is 3.24 Å². The Bertz CT molecular complexity index is 797. The smallest absolute Gasteiger partial charge is 0.302 e. The third-order valence-electron chi connectivity index (χ3n) is 6.04. The van der Waals surface area contributed by atoms with Crippen LogP contribution < -0.4 is 0 Å². The minimum atomic E-state index is -4.29. The lowest BCUT2D eigenvalue weighted by atomic mass is 9.73. The van der Waals surface area contributed by atoms with Gasteiger partial charge in [-0.2, -0.15) is 13.2 Å². The van der Waals surface area contributed by atoms with Gasteiger partial charge >= 0.3 is 6.18 Å². The number of nitrogens with zero attached hydrogens (tertiary/aromatic N) is 1. The number of hydrogen-bond donors (Lipinski definition) is 0. The van der Waals surface area contributed by atoms with Crippen LogP contribution in [0, 0.1) is 11.7 Å². The van der Waals surface area contributed by atoms with Gasteiger partial charge in [0.25, 0.3) is 0 Å². The number of likely N-dealkylation sites (N-methyl/N-ethyl adjacent to an activating group) is 1. The van der Waals surface area contributed by atoms with Crippen molar-refractivity contribution in [3.05, 3.63) is 70.5 Å². The van der Waals surface area contributed by atoms with Crippen LogP contribution in [0.5, 0.6) is 0 Å². The fraction of sp³-hybridized carbons (Fsp3) is 0.429. The second-order valence-electron chi connectivity index (χ2n) is 7.56. The van der Waals surface area contributed by atoms with Crippen LogP contribution in [0.2, 0.25) is 0 Å². The average Bonchev–Trinajstić information content (AvgIpc) is 2.91. The van der Waals surface area contributed by atoms with Crippen LogP contribution >= 0.6 is 0 Å². The molecule has 0 N–H and O–H groups in total. The van der Waals surface area contributed by atoms with Gasteiger partial charge in [0.05, 0.1) is 5.56 Å². The van der Waals surface area contributed by atoms with E-state index >= 15 is 0 Å². The van der Waals surface area contributed by atoms with Crippen molar-refractivity contribution < 1.29 is 17.6 Å². The molecule has 2 aromatic rings. The van der Waals surface area contributed by atoms with E-state index in [4.69, 9.17) is 0 Å². The molecule has 0 bridgehead atoms. The molecule has 0 aromatic heterocycles. The molecule has 2 aliphatic rings. The summed E-state index contributed by atoms with van der Waals surface area (Å²) in [5.74, 6) is 0.462. The van der Waals surface area contributed by atoms with Crippen molar-refractivity contribution in [2.45, 2.75) is 37.4 Å². The zero-order chi connectivity index (χ0) is 18.5. The van der Waals surface area contributed by atoms with Gasteiger partial charge in [-0.3, -0.25) is 0 Å². The SMILES string of the molecule is CN1C[C@@H]2c3ccc(C(F)(F)F)cc3CCC2[C@H]1Cc1ccc(F)cc1. The fourth-order valence-corrected chi connectivity index (χ4v) is 4.75. The van der Waals surface area contributed by atoms with Crippen LogP contribution in [0.4, 0.5) is 17.6 Å². The van der Waals surface area contributed by atoms with E-state index in [9.17, 15) is 17.6 Å². The van der Waals surface area contributed by atoms with Crippen molar-refractivity contribution in [2.75, 3.05) is 13.6 Å². The van der Waals surface area contributed by atoms with Crippen LogP contribution in [0.3, 0.4) is 0 Å². The number of alkyl halides is 3. The lowest BCUT2D eigenvalue weighted by Crippen LogP contribution is -2.32. The molecular weight excluding hydrogens is 342 g/mol. The molecular formula is C21H21F4N. The van der Waals surface area contributed by atoms with Crippen molar-refractivity contribution in [3.8, 4) is 0 Å². The Kier molecular flexibility index (Phi) is 4.30. The van der Waals surface area contributed by atoms with Crippen LogP contribution in [0.15, 0.2) is 42.5 Å². The van der Waals surface area contributed by atoms with Crippen LogP contribution in [0.1, 0.15) is 34.6 Å². The summed E-state index contributed by atoms with van der Waals surface area (Å²) in [5.41, 5.74) is 2.46. The first kappa shape index (κ1) is 17.5. The van der Waals surface area contributed by atoms with Gasteiger partial charge in [-0.1, -0.05) is 18.2 Å². The molecule has 26 heavy (non-hydrogen) atoms. The highest BCUT2D eigenvalue weighted by Crippen LogP contribution is 2.46. The van der Waals surface area contributed by atoms with E-state index in [1.165, 1.54) is 24.3 Å². The number of likely N-dealkylation sites (tertiary alicyclic amines) is 1. The predicted molar refractivity (Wildman–Crippen MR) is 92.5 cm³/mol. The van der Waals surface area contributed by atoms with Gasteiger partial charge in [-0.15, -0.1) is 0 Å². The van der Waals surface area contributed by atoms with Gasteiger partial charge in [-0.05, 0) is 73.2 Å². The summed E-state index contributed by atoms with van der Waals surface area (Å²) in [7, 11) is 2.08. The van der Waals surface area contributed by atoms with Crippen LogP contribution in [-0.4, -0.2) is 24.5 Å². The van der Waals surface area contributed by atoms with Crippen molar-refractivity contribution >= 4 is 0 Å². The van der Waals surface area contributed by atoms with Crippen LogP contribution in [-0.2, 0) is 19.0 Å². The van der Waals surface area contributed by atoms with Gasteiger partial charge in [0, 0.05) is 18.5 Å². The summed E-state index contributed by atoms with van der Waals surface area (Å²) in [5, 5.41) is 0. The number of halogens is 4. The van der Waals surface area contributed by atoms with Crippen molar-refractivity contribution in [3.63, 3.8) is 0 Å². The first-order chi connectivity index (χ1) is 12.3. The van der Waals surface area contributed by atoms with E-state index < -0.39 is 11.7 Å². The molecule has 2 aromatic carbocycles. The quantitative estimate of drug-likeness (QED) is 0.675. The van der Waals surface area contributed by atoms with Crippen molar-refractivity contribution in [2.24, 2.45) is 5.92 Å². The lowest BCUT2D eigenvalue weighted by molar-refractivity contribution is -0.137. The summed E-state index contributed by atoms with van der Waals surface area (Å²) >= 11 is 0. The zero-order valence-electron chi connectivity index (χ0n) is 14.6. The molecule has 0 spiro atoms. The Hall–Kier alpha value is -1.88. The van der Waals surface area contributed by atoms with E-state index in [0.29, 0.717) is 18.4 Å². The van der Waals surface area contributed by atoms with Gasteiger partial charge in [0.1, 0.15) is 5.82 Å². The number of aryl methyl sites for hydroxylation is 1. The highest BCUT2D eigenvalue weighted by Gasteiger charge is 2.43. The molecule has 1 heterocycles. The highest BCUT2D eigenvalue weighted by atomic mass is 19.4. The molecule has 1 aliphatic carbocycles. The van der Waals surface area contributed by atoms with E-state index in [2.05, 4.69) is 11.9 Å². The first-order valence-corrected chi connectivity index (χ1v) is 8.97. The summed E-state index contributed by atoms with van der Waals surface area (Å²) in [6.45, 7) is 0.856. The number of fused-ring (bicyclic) bond motifs is 3. The molecule has 1 nitrogen and oxygen atoms in total. The molecule has 0 saturated carbocycles. The Morgan fingerprint density at radius 3 is 2.50 bits per heavy atom. The summed E-state index contributed by atoms with van der Waals surface area (Å²) in [6, 6.07) is 11.2. The predicted octanol–water partition coefficient (Wildman–Crippen LogP) is 5.05. The minimum Gasteiger partial charge on any atom is -0.302 e. The monoisotopic (exact) mass is 363 g/mol. The van der Waals surface area contributed by atoms with Gasteiger partial charge < -0.3 is 4.90 Å². The average molecular weight is 363 g/mol. The Balaban J connectivity index is 1.59. The van der Waals surface area contributed by atoms with E-state index in [1.807, 2.05) is 12.1 Å². The molecule has 0 amide bonds. The molecule has 0 radical (unpaired) electrons. The Labute approximate surface area is 150 Å². The maximum atomic E-state index is 13.1. The maximum absolute atomic E-state index is 13.1. The zero-order valence-corrected chi connectivity index (χ0v) is 14.6. The molecule has 3 atom stereocenters. The van der Waals surface area contributed by atoms with E-state index in [-0.39, 0.29) is 11.7 Å². The second kappa shape index (κ2) is 6.38. The molecule has 1 fully saturated rings. The molecule has 4 rings (SSSR count). The minimum absolute atomic E-state index is 0.238. The standard InChI is InChI=1S/C21H21F4N/c1-26-12-19-17-9-5-15(21(23,24)25)11-14(17)4-8-18(19)20(26)10-13-2-6-16(22)7-3-13/h2-3,5-7,9,11,18-20H,4,8,10,12H2,1H3/t18?,19-,20-/m1/s1. The first-order valence-electron chi connectivity index (χ1n) is 8.97. The summed E-state index contributed by atoms with van der Waals surface area (Å²) in [6.07, 6.45) is -1.86. The third-order valence-corrected chi connectivity index (χ3v) is 6.04. The van der Waals surface area contributed by atoms with Gasteiger partial charge in [0.2, 0.25) is 0 Å². The molecule has 138 valence electrons. The van der Waals surface area contributed by atoms with Gasteiger partial charge in [-0.25, -0.2) is 4.39 Å². The molecule has 1 aliphatic heterocycles. The Morgan fingerprint density at radius 2 is 1.81 bits per heavy atom. The van der Waals surface area contributed by atoms with Crippen molar-refractivity contribution in [1.82, 2.24) is 4.90 Å². The summed E-state index contributed by atoms with van der Waals surface area (Å²) < 4.78 is 52.1. The number of rotatable bonds is 2. The molecule has 1 saturated heterocycles. The molecule has 1 unspecified atom stereocenters. The normalized spacial score (nSPS) is 25.8. The largest absolute Gasteiger partial charge is 0.416 e. The lowest BCUT2D eigenvalue weighted by Gasteiger charge is -2.32. The fourth-order valence-electron chi connectivity index (χ4n) is 4.75. The van der Waals surface area contributed by atoms with Crippen molar-refractivity contribution in [1.29, 1.82) is 0 Å². The Morgan fingerprint density at radius 1 is 1.08 bits per heavy atom. The highest BCUT2D eigenvalue weighted by molar-refractivity contribution is 5.39. The number of benzene rings is 2. The van der Waals surface area contributed by atoms with E-state index in [0.717, 1.165) is 36.1 Å². The van der Waals surface area contributed by atoms with Gasteiger partial charge in [0.15, 0.2) is 0 Å². The summed E-state index contributed by atoms with van der Waals surface area (Å²) in [4.78, 5) is 2.31. The van der Waals surface area contributed by atoms with E-state index in [1.54, 1.807) is 6.07 Å². The molecule has 5 heteroatoms. The number of hydrogen-bond acceptors (Lipinski definition) is 1. The van der Waals surface area contributed by atoms with Crippen LogP contribution in [0.25, 0.3) is 0 Å². The maximum Gasteiger partial charge on any atom is 0.416 e. The third kappa shape index (κ3) is 3.13.